The molecule has 0 heteroatoms. The Hall–Kier alpha value is -2.34. The van der Waals surface area contributed by atoms with E-state index in [1.807, 2.05) is 0 Å². The molecule has 5 rings (SSSR count). The molecule has 2 aliphatic carbocycles. The maximum Gasteiger partial charge on any atom is -0.00142 e. The summed E-state index contributed by atoms with van der Waals surface area (Å²) in [5, 5.41) is 0. The zero-order chi connectivity index (χ0) is 30.3. The predicted molar refractivity (Wildman–Crippen MR) is 184 cm³/mol. The van der Waals surface area contributed by atoms with E-state index in [1.165, 1.54) is 75.3 Å². The Balaban J connectivity index is 1.79. The smallest absolute Gasteiger partial charge is 0.00142 e. The fourth-order valence-electron chi connectivity index (χ4n) is 9.18. The van der Waals surface area contributed by atoms with Crippen molar-refractivity contribution in [2.45, 2.75) is 159 Å². The Kier molecular flexibility index (Phi) is 9.42. The van der Waals surface area contributed by atoms with E-state index in [2.05, 4.69) is 69.2 Å². The molecule has 2 aliphatic rings. The van der Waals surface area contributed by atoms with Crippen LogP contribution in [0.15, 0.2) is 0 Å². The first-order valence-electron chi connectivity index (χ1n) is 17.7. The zero-order valence-electron chi connectivity index (χ0n) is 28.9. The normalized spacial score (nSPS) is 13.6. The van der Waals surface area contributed by atoms with Crippen molar-refractivity contribution in [3.8, 4) is 0 Å². The summed E-state index contributed by atoms with van der Waals surface area (Å²) in [7, 11) is 0. The summed E-state index contributed by atoms with van der Waals surface area (Å²) >= 11 is 0. The van der Waals surface area contributed by atoms with Crippen molar-refractivity contribution in [1.82, 2.24) is 0 Å². The van der Waals surface area contributed by atoms with E-state index in [-0.39, 0.29) is 0 Å². The molecule has 0 radical (unpaired) electrons. The SMILES string of the molecule is CCCc1c(CCC)c(CCC)c2c(c1CCC)Cc1c(CC)c3c(c(CC)c1C2)Cc1c(C)c(C)c(C)c(C)c1C3. The lowest BCUT2D eigenvalue weighted by molar-refractivity contribution is 0.766. The van der Waals surface area contributed by atoms with E-state index in [0.29, 0.717) is 0 Å². The third-order valence-electron chi connectivity index (χ3n) is 11.4. The Bertz CT molecular complexity index is 1400. The first-order valence-corrected chi connectivity index (χ1v) is 17.7. The summed E-state index contributed by atoms with van der Waals surface area (Å²) in [6.07, 6.45) is 16.9. The standard InChI is InChI=1S/C42H58/c1-11-17-31-32(18-12-2)34(20-14-4)42-24-40-30(16-6)38-22-36-28(10)26(8)25(7)27(9)35(36)21-37(38)29(15-5)39(40)23-41(42)33(31)19-13-3/h11-24H2,1-10H3. The van der Waals surface area contributed by atoms with Gasteiger partial charge in [0.2, 0.25) is 0 Å². The van der Waals surface area contributed by atoms with Crippen LogP contribution in [-0.2, 0) is 64.2 Å². The second kappa shape index (κ2) is 12.7. The van der Waals surface area contributed by atoms with E-state index in [9.17, 15) is 0 Å². The van der Waals surface area contributed by atoms with E-state index < -0.39 is 0 Å². The summed E-state index contributed by atoms with van der Waals surface area (Å²) in [6, 6.07) is 0. The van der Waals surface area contributed by atoms with Crippen LogP contribution < -0.4 is 0 Å². The van der Waals surface area contributed by atoms with E-state index in [0.717, 1.165) is 25.7 Å². The van der Waals surface area contributed by atoms with Crippen LogP contribution >= 0.6 is 0 Å². The van der Waals surface area contributed by atoms with Gasteiger partial charge in [-0.25, -0.2) is 0 Å². The number of rotatable bonds is 10. The molecule has 0 fully saturated rings. The molecule has 0 unspecified atom stereocenters. The number of fused-ring (bicyclic) bond motifs is 4. The molecule has 42 heavy (non-hydrogen) atoms. The summed E-state index contributed by atoms with van der Waals surface area (Å²) < 4.78 is 0. The number of hydrogen-bond donors (Lipinski definition) is 0. The molecule has 0 N–H and O–H groups in total. The van der Waals surface area contributed by atoms with Gasteiger partial charge in [0.05, 0.1) is 0 Å². The van der Waals surface area contributed by atoms with Crippen molar-refractivity contribution in [2.75, 3.05) is 0 Å². The molecule has 0 spiro atoms. The average Bonchev–Trinajstić information content (AvgIpc) is 2.99. The summed E-state index contributed by atoms with van der Waals surface area (Å²) in [4.78, 5) is 0. The minimum Gasteiger partial charge on any atom is -0.0651 e. The van der Waals surface area contributed by atoms with Crippen LogP contribution in [0.25, 0.3) is 0 Å². The van der Waals surface area contributed by atoms with E-state index >= 15 is 0 Å². The molecule has 3 aromatic carbocycles. The van der Waals surface area contributed by atoms with Gasteiger partial charge in [-0.1, -0.05) is 67.2 Å². The predicted octanol–water partition coefficient (Wildman–Crippen LogP) is 10.8. The van der Waals surface area contributed by atoms with Gasteiger partial charge in [0.1, 0.15) is 0 Å². The topological polar surface area (TPSA) is 0 Å². The van der Waals surface area contributed by atoms with Gasteiger partial charge in [-0.2, -0.15) is 0 Å². The molecular weight excluding hydrogens is 504 g/mol. The second-order valence-corrected chi connectivity index (χ2v) is 13.6. The largest absolute Gasteiger partial charge is 0.0651 e. The first kappa shape index (κ1) is 31.1. The van der Waals surface area contributed by atoms with Gasteiger partial charge >= 0.3 is 0 Å². The van der Waals surface area contributed by atoms with Crippen molar-refractivity contribution in [3.63, 3.8) is 0 Å². The molecule has 0 heterocycles. The number of hydrogen-bond acceptors (Lipinski definition) is 0. The lowest BCUT2D eigenvalue weighted by atomic mass is 9.68. The quantitative estimate of drug-likeness (QED) is 0.159. The highest BCUT2D eigenvalue weighted by atomic mass is 14.4. The van der Waals surface area contributed by atoms with Crippen LogP contribution in [0.5, 0.6) is 0 Å². The van der Waals surface area contributed by atoms with E-state index in [4.69, 9.17) is 0 Å². The number of benzene rings is 3. The van der Waals surface area contributed by atoms with Crippen LogP contribution in [0.2, 0.25) is 0 Å². The van der Waals surface area contributed by atoms with Gasteiger partial charge < -0.3 is 0 Å². The van der Waals surface area contributed by atoms with Gasteiger partial charge in [-0.05, 0) is 192 Å². The van der Waals surface area contributed by atoms with Crippen molar-refractivity contribution in [1.29, 1.82) is 0 Å². The molecule has 0 atom stereocenters. The van der Waals surface area contributed by atoms with Gasteiger partial charge in [0.25, 0.3) is 0 Å². The molecule has 0 saturated carbocycles. The van der Waals surface area contributed by atoms with Crippen LogP contribution in [0.1, 0.15) is 167 Å². The highest BCUT2D eigenvalue weighted by molar-refractivity contribution is 5.67. The van der Waals surface area contributed by atoms with Crippen LogP contribution in [0.4, 0.5) is 0 Å². The van der Waals surface area contributed by atoms with Crippen molar-refractivity contribution in [3.05, 3.63) is 100 Å². The molecule has 0 amide bonds. The minimum atomic E-state index is 1.13. The molecule has 0 nitrogen and oxygen atoms in total. The average molecular weight is 563 g/mol. The molecule has 0 aliphatic heterocycles. The van der Waals surface area contributed by atoms with Crippen molar-refractivity contribution in [2.24, 2.45) is 0 Å². The molecule has 0 saturated heterocycles. The fourth-order valence-corrected chi connectivity index (χ4v) is 9.18. The van der Waals surface area contributed by atoms with Crippen molar-refractivity contribution >= 4 is 0 Å². The molecular formula is C42H58. The maximum absolute atomic E-state index is 2.44. The molecule has 0 bridgehead atoms. The Labute approximate surface area is 258 Å². The third kappa shape index (κ3) is 4.90. The zero-order valence-corrected chi connectivity index (χ0v) is 28.9. The minimum absolute atomic E-state index is 1.13. The fraction of sp³-hybridized carbons (Fsp3) is 0.571. The Morgan fingerprint density at radius 3 is 0.857 bits per heavy atom. The lowest BCUT2D eigenvalue weighted by Crippen LogP contribution is -2.24. The van der Waals surface area contributed by atoms with Gasteiger partial charge in [-0.3, -0.25) is 0 Å². The molecule has 3 aromatic rings. The maximum atomic E-state index is 2.44. The lowest BCUT2D eigenvalue weighted by Gasteiger charge is -2.36. The summed E-state index contributed by atoms with van der Waals surface area (Å²) in [5.41, 5.74) is 30.2. The van der Waals surface area contributed by atoms with Crippen LogP contribution in [-0.4, -0.2) is 0 Å². The first-order chi connectivity index (χ1) is 20.3. The Morgan fingerprint density at radius 2 is 0.571 bits per heavy atom. The van der Waals surface area contributed by atoms with E-state index in [1.54, 1.807) is 89.0 Å². The van der Waals surface area contributed by atoms with Gasteiger partial charge in [0, 0.05) is 0 Å². The second-order valence-electron chi connectivity index (χ2n) is 13.6. The summed E-state index contributed by atoms with van der Waals surface area (Å²) in [6.45, 7) is 23.9. The monoisotopic (exact) mass is 562 g/mol. The van der Waals surface area contributed by atoms with Crippen molar-refractivity contribution < 1.29 is 0 Å². The van der Waals surface area contributed by atoms with Gasteiger partial charge in [0.15, 0.2) is 0 Å². The highest BCUT2D eigenvalue weighted by Crippen LogP contribution is 2.46. The molecule has 226 valence electrons. The third-order valence-corrected chi connectivity index (χ3v) is 11.4. The highest BCUT2D eigenvalue weighted by Gasteiger charge is 2.33. The van der Waals surface area contributed by atoms with Crippen LogP contribution in [0.3, 0.4) is 0 Å². The summed E-state index contributed by atoms with van der Waals surface area (Å²) in [5.74, 6) is 0. The Morgan fingerprint density at radius 1 is 0.310 bits per heavy atom. The van der Waals surface area contributed by atoms with Gasteiger partial charge in [-0.15, -0.1) is 0 Å². The van der Waals surface area contributed by atoms with Crippen LogP contribution in [0, 0.1) is 27.7 Å². The molecule has 0 aromatic heterocycles.